The molecule has 0 spiro atoms. The third kappa shape index (κ3) is 3.57. The van der Waals surface area contributed by atoms with Crippen molar-refractivity contribution in [3.8, 4) is 0 Å². The van der Waals surface area contributed by atoms with Gasteiger partial charge in [-0.25, -0.2) is 9.37 Å². The average Bonchev–Trinajstić information content (AvgIpc) is 3.26. The number of nitrogens with zero attached hydrogens (tertiary/aromatic N) is 4. The molecule has 2 aromatic heterocycles. The highest BCUT2D eigenvalue weighted by molar-refractivity contribution is 7.20. The van der Waals surface area contributed by atoms with Gasteiger partial charge in [-0.2, -0.15) is 0 Å². The zero-order valence-electron chi connectivity index (χ0n) is 15.4. The molecule has 1 fully saturated rings. The van der Waals surface area contributed by atoms with Crippen molar-refractivity contribution < 1.29 is 9.18 Å². The van der Waals surface area contributed by atoms with Crippen LogP contribution in [0.4, 0.5) is 4.39 Å². The number of rotatable bonds is 4. The fraction of sp³-hybridized carbons (Fsp3) is 0.350. The number of amides is 1. The Morgan fingerprint density at radius 1 is 1.26 bits per heavy atom. The molecule has 0 saturated carbocycles. The predicted octanol–water partition coefficient (Wildman–Crippen LogP) is 3.52. The summed E-state index contributed by atoms with van der Waals surface area (Å²) in [6, 6.07) is 6.65. The fourth-order valence-corrected chi connectivity index (χ4v) is 4.85. The summed E-state index contributed by atoms with van der Waals surface area (Å²) < 4.78 is 13.1. The van der Waals surface area contributed by atoms with Gasteiger partial charge in [0, 0.05) is 51.1 Å². The first-order chi connectivity index (χ1) is 13.0. The highest BCUT2D eigenvalue weighted by Crippen LogP contribution is 2.39. The minimum atomic E-state index is -0.215. The van der Waals surface area contributed by atoms with Crippen LogP contribution in [0, 0.1) is 5.82 Å². The molecule has 7 heteroatoms. The van der Waals surface area contributed by atoms with Crippen molar-refractivity contribution >= 4 is 27.6 Å². The van der Waals surface area contributed by atoms with Crippen molar-refractivity contribution in [3.63, 3.8) is 0 Å². The van der Waals surface area contributed by atoms with Gasteiger partial charge in [0.25, 0.3) is 5.91 Å². The maximum atomic E-state index is 13.1. The van der Waals surface area contributed by atoms with Crippen LogP contribution in [0.3, 0.4) is 0 Å². The van der Waals surface area contributed by atoms with Crippen molar-refractivity contribution in [2.24, 2.45) is 0 Å². The van der Waals surface area contributed by atoms with E-state index in [9.17, 15) is 9.18 Å². The Kier molecular flexibility index (Phi) is 4.88. The van der Waals surface area contributed by atoms with Crippen molar-refractivity contribution in [1.82, 2.24) is 19.8 Å². The van der Waals surface area contributed by atoms with Gasteiger partial charge in [0.15, 0.2) is 0 Å². The van der Waals surface area contributed by atoms with E-state index in [1.54, 1.807) is 31.4 Å². The second-order valence-electron chi connectivity index (χ2n) is 7.10. The Hall–Kier alpha value is -2.38. The fourth-order valence-electron chi connectivity index (χ4n) is 3.64. The Bertz CT molecular complexity index is 970. The van der Waals surface area contributed by atoms with Crippen LogP contribution in [0.15, 0.2) is 36.7 Å². The summed E-state index contributed by atoms with van der Waals surface area (Å²) in [5.74, 6) is 0.0368. The number of likely N-dealkylation sites (tertiary alicyclic amines) is 1. The van der Waals surface area contributed by atoms with Crippen LogP contribution >= 0.6 is 11.3 Å². The minimum absolute atomic E-state index is 0.00628. The molecule has 1 saturated heterocycles. The Morgan fingerprint density at radius 3 is 2.74 bits per heavy atom. The SMILES string of the molecule is CN(C)C(=O)c1sc2nccnc2c1[C@H]1CCN(Cc2ccc(F)cc2)C1. The number of fused-ring (bicyclic) bond motifs is 1. The maximum absolute atomic E-state index is 13.1. The van der Waals surface area contributed by atoms with Gasteiger partial charge in [-0.3, -0.25) is 14.7 Å². The molecule has 3 heterocycles. The second kappa shape index (κ2) is 7.32. The molecule has 27 heavy (non-hydrogen) atoms. The van der Waals surface area contributed by atoms with E-state index >= 15 is 0 Å². The largest absolute Gasteiger partial charge is 0.344 e. The van der Waals surface area contributed by atoms with Crippen LogP contribution in [0.1, 0.15) is 33.1 Å². The zero-order chi connectivity index (χ0) is 19.0. The summed E-state index contributed by atoms with van der Waals surface area (Å²) in [7, 11) is 3.54. The zero-order valence-corrected chi connectivity index (χ0v) is 16.2. The molecule has 4 rings (SSSR count). The number of halogens is 1. The molecule has 3 aromatic rings. The number of thiophene rings is 1. The molecular formula is C20H21FN4OS. The van der Waals surface area contributed by atoms with Crippen molar-refractivity contribution in [2.45, 2.75) is 18.9 Å². The number of hydrogen-bond donors (Lipinski definition) is 0. The Labute approximate surface area is 161 Å². The van der Waals surface area contributed by atoms with Crippen molar-refractivity contribution in [1.29, 1.82) is 0 Å². The van der Waals surface area contributed by atoms with E-state index < -0.39 is 0 Å². The number of carbonyl (C=O) groups excluding carboxylic acids is 1. The summed E-state index contributed by atoms with van der Waals surface area (Å²) >= 11 is 1.43. The number of benzene rings is 1. The van der Waals surface area contributed by atoms with Gasteiger partial charge in [0.05, 0.1) is 4.88 Å². The molecule has 1 aliphatic heterocycles. The highest BCUT2D eigenvalue weighted by atomic mass is 32.1. The lowest BCUT2D eigenvalue weighted by atomic mass is 9.97. The third-order valence-corrected chi connectivity index (χ3v) is 6.05. The van der Waals surface area contributed by atoms with Gasteiger partial charge in [-0.15, -0.1) is 11.3 Å². The number of hydrogen-bond acceptors (Lipinski definition) is 5. The van der Waals surface area contributed by atoms with Crippen LogP contribution in [0.5, 0.6) is 0 Å². The summed E-state index contributed by atoms with van der Waals surface area (Å²) in [4.78, 5) is 27.2. The quantitative estimate of drug-likeness (QED) is 0.691. The summed E-state index contributed by atoms with van der Waals surface area (Å²) in [6.07, 6.45) is 4.33. The van der Waals surface area contributed by atoms with Crippen LogP contribution in [-0.2, 0) is 6.54 Å². The topological polar surface area (TPSA) is 49.3 Å². The maximum Gasteiger partial charge on any atom is 0.263 e. The molecule has 5 nitrogen and oxygen atoms in total. The lowest BCUT2D eigenvalue weighted by molar-refractivity contribution is 0.0831. The van der Waals surface area contributed by atoms with Crippen molar-refractivity contribution in [3.05, 3.63) is 58.5 Å². The second-order valence-corrected chi connectivity index (χ2v) is 8.10. The first-order valence-corrected chi connectivity index (χ1v) is 9.76. The summed E-state index contributed by atoms with van der Waals surface area (Å²) in [5, 5.41) is 0. The molecule has 0 radical (unpaired) electrons. The van der Waals surface area contributed by atoms with Crippen LogP contribution < -0.4 is 0 Å². The standard InChI is InChI=1S/C20H21FN4OS/c1-24(2)20(26)18-16(17-19(27-18)23-9-8-22-17)14-7-10-25(12-14)11-13-3-5-15(21)6-4-13/h3-6,8-9,14H,7,10-12H2,1-2H3/t14-/m0/s1. The lowest BCUT2D eigenvalue weighted by Gasteiger charge is -2.17. The summed E-state index contributed by atoms with van der Waals surface area (Å²) in [6.45, 7) is 2.57. The van der Waals surface area contributed by atoms with Crippen LogP contribution in [0.2, 0.25) is 0 Å². The summed E-state index contributed by atoms with van der Waals surface area (Å²) in [5.41, 5.74) is 2.97. The van der Waals surface area contributed by atoms with Gasteiger partial charge in [-0.1, -0.05) is 12.1 Å². The van der Waals surface area contributed by atoms with Crippen molar-refractivity contribution in [2.75, 3.05) is 27.2 Å². The van der Waals surface area contributed by atoms with E-state index in [-0.39, 0.29) is 17.6 Å². The van der Waals surface area contributed by atoms with Gasteiger partial charge < -0.3 is 4.90 Å². The first kappa shape index (κ1) is 18.0. The average molecular weight is 384 g/mol. The van der Waals surface area contributed by atoms with E-state index in [4.69, 9.17) is 0 Å². The molecule has 0 N–H and O–H groups in total. The van der Waals surface area contributed by atoms with Gasteiger partial charge in [0.1, 0.15) is 16.2 Å². The molecule has 0 unspecified atom stereocenters. The highest BCUT2D eigenvalue weighted by Gasteiger charge is 2.32. The van der Waals surface area contributed by atoms with E-state index in [0.717, 1.165) is 52.4 Å². The van der Waals surface area contributed by atoms with E-state index in [1.165, 1.54) is 23.5 Å². The molecule has 1 atom stereocenters. The van der Waals surface area contributed by atoms with Crippen LogP contribution in [0.25, 0.3) is 10.3 Å². The number of carbonyl (C=O) groups is 1. The smallest absolute Gasteiger partial charge is 0.263 e. The minimum Gasteiger partial charge on any atom is -0.344 e. The Balaban J connectivity index is 1.61. The first-order valence-electron chi connectivity index (χ1n) is 8.95. The molecule has 1 aliphatic rings. The molecule has 140 valence electrons. The van der Waals surface area contributed by atoms with E-state index in [1.807, 2.05) is 12.1 Å². The van der Waals surface area contributed by atoms with Gasteiger partial charge in [0.2, 0.25) is 0 Å². The van der Waals surface area contributed by atoms with Gasteiger partial charge in [-0.05, 0) is 30.7 Å². The lowest BCUT2D eigenvalue weighted by Crippen LogP contribution is -2.23. The van der Waals surface area contributed by atoms with E-state index in [0.29, 0.717) is 0 Å². The molecule has 0 bridgehead atoms. The number of aromatic nitrogens is 2. The van der Waals surface area contributed by atoms with E-state index in [2.05, 4.69) is 14.9 Å². The molecular weight excluding hydrogens is 363 g/mol. The molecule has 1 aromatic carbocycles. The van der Waals surface area contributed by atoms with Gasteiger partial charge >= 0.3 is 0 Å². The predicted molar refractivity (Wildman–Crippen MR) is 104 cm³/mol. The normalized spacial score (nSPS) is 17.5. The third-order valence-electron chi connectivity index (χ3n) is 4.96. The van der Waals surface area contributed by atoms with Crippen LogP contribution in [-0.4, -0.2) is 52.9 Å². The molecule has 0 aliphatic carbocycles. The molecule has 1 amide bonds. The monoisotopic (exact) mass is 384 g/mol. The Morgan fingerprint density at radius 2 is 2.00 bits per heavy atom.